The predicted molar refractivity (Wildman–Crippen MR) is 70.2 cm³/mol. The summed E-state index contributed by atoms with van der Waals surface area (Å²) in [6, 6.07) is -1.03. The van der Waals surface area contributed by atoms with Gasteiger partial charge in [0.2, 0.25) is 11.8 Å². The van der Waals surface area contributed by atoms with Crippen LogP contribution in [0.15, 0.2) is 12.7 Å². The molecule has 2 aliphatic rings. The van der Waals surface area contributed by atoms with E-state index in [0.29, 0.717) is 12.8 Å². The molecule has 0 bridgehead atoms. The molecule has 0 aromatic heterocycles. The molecule has 0 aromatic carbocycles. The summed E-state index contributed by atoms with van der Waals surface area (Å²) in [5.74, 6) is -0.771. The van der Waals surface area contributed by atoms with Gasteiger partial charge in [0.1, 0.15) is 5.41 Å². The van der Waals surface area contributed by atoms with Crippen molar-refractivity contribution < 1.29 is 14.4 Å². The van der Waals surface area contributed by atoms with E-state index in [2.05, 4.69) is 11.9 Å². The lowest BCUT2D eigenvalue weighted by Crippen LogP contribution is -2.65. The molecule has 1 aliphatic heterocycles. The van der Waals surface area contributed by atoms with Crippen LogP contribution in [0.25, 0.3) is 0 Å². The van der Waals surface area contributed by atoms with Crippen LogP contribution >= 0.6 is 0 Å². The van der Waals surface area contributed by atoms with Crippen LogP contribution in [0.2, 0.25) is 0 Å². The Hall–Kier alpha value is -1.65. The highest BCUT2D eigenvalue weighted by molar-refractivity contribution is 6.19. The van der Waals surface area contributed by atoms with E-state index in [9.17, 15) is 14.4 Å². The summed E-state index contributed by atoms with van der Waals surface area (Å²) in [4.78, 5) is 37.9. The number of amides is 4. The molecule has 1 aliphatic carbocycles. The fraction of sp³-hybridized carbons (Fsp3) is 0.643. The molecule has 0 aromatic rings. The lowest BCUT2D eigenvalue weighted by Gasteiger charge is -2.40. The van der Waals surface area contributed by atoms with Crippen molar-refractivity contribution in [2.24, 2.45) is 5.41 Å². The Bertz CT molecular complexity index is 422. The van der Waals surface area contributed by atoms with Gasteiger partial charge in [-0.3, -0.25) is 19.8 Å². The van der Waals surface area contributed by atoms with Gasteiger partial charge in [0.05, 0.1) is 6.04 Å². The third-order valence-electron chi connectivity index (χ3n) is 4.21. The summed E-state index contributed by atoms with van der Waals surface area (Å²) in [5, 5.41) is 2.34. The molecule has 1 spiro atoms. The monoisotopic (exact) mass is 264 g/mol. The van der Waals surface area contributed by atoms with E-state index < -0.39 is 23.4 Å². The number of barbiturate groups is 1. The first-order valence-corrected chi connectivity index (χ1v) is 6.84. The Morgan fingerprint density at radius 3 is 2.32 bits per heavy atom. The van der Waals surface area contributed by atoms with E-state index in [1.54, 1.807) is 6.92 Å². The summed E-state index contributed by atoms with van der Waals surface area (Å²) >= 11 is 0. The number of urea groups is 1. The standard InChI is InChI=1S/C14H20N2O3/c1-3-10(2)16-12(18)14(11(17)15-13(16)19)8-6-4-5-7-9-14/h3,10H,1,4-9H2,2H3,(H,15,17,19). The summed E-state index contributed by atoms with van der Waals surface area (Å²) in [6.45, 7) is 5.34. The largest absolute Gasteiger partial charge is 0.331 e. The van der Waals surface area contributed by atoms with Gasteiger partial charge in [-0.1, -0.05) is 31.8 Å². The Morgan fingerprint density at radius 2 is 1.79 bits per heavy atom. The number of carbonyl (C=O) groups excluding carboxylic acids is 3. The maximum Gasteiger partial charge on any atom is 0.331 e. The van der Waals surface area contributed by atoms with Crippen molar-refractivity contribution >= 4 is 17.8 Å². The lowest BCUT2D eigenvalue weighted by atomic mass is 9.76. The van der Waals surface area contributed by atoms with Crippen molar-refractivity contribution in [1.82, 2.24) is 10.2 Å². The van der Waals surface area contributed by atoms with Crippen LogP contribution in [-0.4, -0.2) is 28.8 Å². The molecule has 1 unspecified atom stereocenters. The molecule has 1 atom stereocenters. The van der Waals surface area contributed by atoms with Crippen molar-refractivity contribution in [1.29, 1.82) is 0 Å². The van der Waals surface area contributed by atoms with Crippen molar-refractivity contribution in [2.75, 3.05) is 0 Å². The van der Waals surface area contributed by atoms with Crippen LogP contribution < -0.4 is 5.32 Å². The van der Waals surface area contributed by atoms with Crippen LogP contribution in [0.5, 0.6) is 0 Å². The highest BCUT2D eigenvalue weighted by atomic mass is 16.2. The van der Waals surface area contributed by atoms with Crippen molar-refractivity contribution in [2.45, 2.75) is 51.5 Å². The summed E-state index contributed by atoms with van der Waals surface area (Å²) in [6.07, 6.45) is 6.38. The fourth-order valence-electron chi connectivity index (χ4n) is 2.95. The first-order chi connectivity index (χ1) is 9.03. The second-order valence-corrected chi connectivity index (χ2v) is 5.41. The molecule has 4 amide bonds. The lowest BCUT2D eigenvalue weighted by molar-refractivity contribution is -0.153. The third kappa shape index (κ3) is 2.17. The van der Waals surface area contributed by atoms with Crippen molar-refractivity contribution in [3.8, 4) is 0 Å². The third-order valence-corrected chi connectivity index (χ3v) is 4.21. The predicted octanol–water partition coefficient (Wildman–Crippen LogP) is 1.98. The molecule has 0 radical (unpaired) electrons. The summed E-state index contributed by atoms with van der Waals surface area (Å²) in [7, 11) is 0. The van der Waals surface area contributed by atoms with E-state index >= 15 is 0 Å². The van der Waals surface area contributed by atoms with Gasteiger partial charge in [-0.25, -0.2) is 4.79 Å². The first-order valence-electron chi connectivity index (χ1n) is 6.84. The highest BCUT2D eigenvalue weighted by Crippen LogP contribution is 2.39. The first kappa shape index (κ1) is 13.8. The minimum atomic E-state index is -1.04. The molecule has 2 rings (SSSR count). The molecule has 2 fully saturated rings. The average molecular weight is 264 g/mol. The Balaban J connectivity index is 2.36. The molecule has 1 saturated heterocycles. The molecule has 1 saturated carbocycles. The van der Waals surface area contributed by atoms with E-state index in [-0.39, 0.29) is 5.91 Å². The molecule has 1 N–H and O–H groups in total. The molecule has 5 heteroatoms. The van der Waals surface area contributed by atoms with Gasteiger partial charge in [-0.15, -0.1) is 6.58 Å². The number of rotatable bonds is 2. The number of hydrogen-bond donors (Lipinski definition) is 1. The maximum atomic E-state index is 12.7. The zero-order valence-corrected chi connectivity index (χ0v) is 11.3. The van der Waals surface area contributed by atoms with Gasteiger partial charge in [0.15, 0.2) is 0 Å². The topological polar surface area (TPSA) is 66.5 Å². The van der Waals surface area contributed by atoms with Crippen LogP contribution in [-0.2, 0) is 9.59 Å². The molecule has 1 heterocycles. The summed E-state index contributed by atoms with van der Waals surface area (Å²) in [5.41, 5.74) is -1.04. The number of nitrogens with zero attached hydrogens (tertiary/aromatic N) is 1. The van der Waals surface area contributed by atoms with E-state index in [0.717, 1.165) is 30.6 Å². The highest BCUT2D eigenvalue weighted by Gasteiger charge is 2.53. The normalized spacial score (nSPS) is 24.9. The molecular formula is C14H20N2O3. The number of imide groups is 2. The van der Waals surface area contributed by atoms with Crippen LogP contribution in [0.4, 0.5) is 4.79 Å². The van der Waals surface area contributed by atoms with E-state index in [1.807, 2.05) is 0 Å². The SMILES string of the molecule is C=CC(C)N1C(=O)NC(=O)C2(CCCCCC2)C1=O. The van der Waals surface area contributed by atoms with Crippen molar-refractivity contribution in [3.05, 3.63) is 12.7 Å². The molecular weight excluding hydrogens is 244 g/mol. The zero-order chi connectivity index (χ0) is 14.0. The molecule has 19 heavy (non-hydrogen) atoms. The Morgan fingerprint density at radius 1 is 1.21 bits per heavy atom. The minimum Gasteiger partial charge on any atom is -0.277 e. The van der Waals surface area contributed by atoms with Crippen LogP contribution in [0.3, 0.4) is 0 Å². The smallest absolute Gasteiger partial charge is 0.277 e. The molecule has 104 valence electrons. The summed E-state index contributed by atoms with van der Waals surface area (Å²) < 4.78 is 0. The van der Waals surface area contributed by atoms with Crippen LogP contribution in [0.1, 0.15) is 45.4 Å². The van der Waals surface area contributed by atoms with Gasteiger partial charge in [-0.05, 0) is 19.8 Å². The second-order valence-electron chi connectivity index (χ2n) is 5.41. The van der Waals surface area contributed by atoms with Gasteiger partial charge in [-0.2, -0.15) is 0 Å². The fourth-order valence-corrected chi connectivity index (χ4v) is 2.95. The van der Waals surface area contributed by atoms with E-state index in [4.69, 9.17) is 0 Å². The minimum absolute atomic E-state index is 0.351. The number of hydrogen-bond acceptors (Lipinski definition) is 3. The Labute approximate surface area is 113 Å². The number of carbonyl (C=O) groups is 3. The Kier molecular flexibility index (Phi) is 3.73. The zero-order valence-electron chi connectivity index (χ0n) is 11.3. The average Bonchev–Trinajstić information content (AvgIpc) is 2.63. The maximum absolute atomic E-state index is 12.7. The van der Waals surface area contributed by atoms with Gasteiger partial charge in [0.25, 0.3) is 0 Å². The quantitative estimate of drug-likeness (QED) is 0.612. The second kappa shape index (κ2) is 5.15. The van der Waals surface area contributed by atoms with Gasteiger partial charge < -0.3 is 0 Å². The molecule has 5 nitrogen and oxygen atoms in total. The van der Waals surface area contributed by atoms with Crippen molar-refractivity contribution in [3.63, 3.8) is 0 Å². The van der Waals surface area contributed by atoms with Crippen LogP contribution in [0, 0.1) is 5.41 Å². The van der Waals surface area contributed by atoms with Gasteiger partial charge >= 0.3 is 6.03 Å². The number of nitrogens with one attached hydrogen (secondary N) is 1. The van der Waals surface area contributed by atoms with E-state index in [1.165, 1.54) is 6.08 Å². The van der Waals surface area contributed by atoms with Gasteiger partial charge in [0, 0.05) is 0 Å².